The van der Waals surface area contributed by atoms with Crippen molar-refractivity contribution in [3.8, 4) is 0 Å². The first-order valence-corrected chi connectivity index (χ1v) is 7.46. The molecule has 1 atom stereocenters. The van der Waals surface area contributed by atoms with Crippen LogP contribution in [0.4, 0.5) is 8.78 Å². The molecule has 0 fully saturated rings. The van der Waals surface area contributed by atoms with Crippen LogP contribution in [0.1, 0.15) is 27.6 Å². The predicted octanol–water partition coefficient (Wildman–Crippen LogP) is 5.87. The maximum absolute atomic E-state index is 13.8. The largest absolute Gasteiger partial charge is 0.207 e. The average Bonchev–Trinajstić information content (AvgIpc) is 2.38. The maximum Gasteiger partial charge on any atom is 0.137 e. The number of benzene rings is 2. The zero-order valence-corrected chi connectivity index (χ0v) is 13.5. The molecule has 0 N–H and O–H groups in total. The Hall–Kier alpha value is -0.930. The van der Waals surface area contributed by atoms with E-state index in [0.717, 1.165) is 23.3 Å². The first kappa shape index (κ1) is 15.5. The second kappa shape index (κ2) is 6.23. The second-order valence-corrected chi connectivity index (χ2v) is 6.26. The Morgan fingerprint density at radius 3 is 2.40 bits per heavy atom. The molecule has 2 aromatic carbocycles. The molecule has 0 nitrogen and oxygen atoms in total. The van der Waals surface area contributed by atoms with Crippen molar-refractivity contribution >= 4 is 27.5 Å². The van der Waals surface area contributed by atoms with Crippen molar-refractivity contribution < 1.29 is 8.78 Å². The van der Waals surface area contributed by atoms with Gasteiger partial charge in [0.1, 0.15) is 11.6 Å². The van der Waals surface area contributed by atoms with Gasteiger partial charge in [-0.1, -0.05) is 18.2 Å². The normalized spacial score (nSPS) is 12.5. The number of halogens is 4. The highest BCUT2D eigenvalue weighted by Gasteiger charge is 2.17. The Labute approximate surface area is 130 Å². The van der Waals surface area contributed by atoms with Crippen molar-refractivity contribution in [2.75, 3.05) is 0 Å². The smallest absolute Gasteiger partial charge is 0.137 e. The van der Waals surface area contributed by atoms with Gasteiger partial charge in [0.05, 0.1) is 9.85 Å². The van der Waals surface area contributed by atoms with Crippen LogP contribution in [0.3, 0.4) is 0 Å². The van der Waals surface area contributed by atoms with Crippen LogP contribution in [0.2, 0.25) is 0 Å². The fourth-order valence-electron chi connectivity index (χ4n) is 2.03. The van der Waals surface area contributed by atoms with Crippen molar-refractivity contribution in [1.29, 1.82) is 0 Å². The van der Waals surface area contributed by atoms with Crippen molar-refractivity contribution in [2.24, 2.45) is 0 Å². The van der Waals surface area contributed by atoms with Crippen LogP contribution < -0.4 is 0 Å². The maximum atomic E-state index is 13.8. The Morgan fingerprint density at radius 1 is 1.05 bits per heavy atom. The zero-order chi connectivity index (χ0) is 14.9. The lowest BCUT2D eigenvalue weighted by Crippen LogP contribution is -2.01. The Morgan fingerprint density at radius 2 is 1.75 bits per heavy atom. The van der Waals surface area contributed by atoms with Gasteiger partial charge in [-0.05, 0) is 65.0 Å². The van der Waals surface area contributed by atoms with Crippen molar-refractivity contribution in [1.82, 2.24) is 0 Å². The van der Waals surface area contributed by atoms with Crippen LogP contribution in [0.5, 0.6) is 0 Å². The average molecular weight is 360 g/mol. The first-order chi connectivity index (χ1) is 9.38. The summed E-state index contributed by atoms with van der Waals surface area (Å²) in [5.41, 5.74) is 3.55. The van der Waals surface area contributed by atoms with Gasteiger partial charge in [-0.15, -0.1) is 11.6 Å². The third-order valence-electron chi connectivity index (χ3n) is 3.36. The van der Waals surface area contributed by atoms with E-state index in [4.69, 9.17) is 11.6 Å². The summed E-state index contributed by atoms with van der Waals surface area (Å²) in [6.07, 6.45) is 0.459. The molecular weight excluding hydrogens is 346 g/mol. The lowest BCUT2D eigenvalue weighted by Gasteiger charge is -2.13. The van der Waals surface area contributed by atoms with Gasteiger partial charge >= 0.3 is 0 Å². The minimum Gasteiger partial charge on any atom is -0.207 e. The summed E-state index contributed by atoms with van der Waals surface area (Å²) < 4.78 is 27.5. The minimum absolute atomic E-state index is 0.105. The highest BCUT2D eigenvalue weighted by Crippen LogP contribution is 2.31. The standard InChI is InChI=1S/C16H14BrClF2/c1-9-3-4-11(5-10(9)2)6-14(18)12-7-16(20)13(17)8-15(12)19/h3-5,7-8,14H,6H2,1-2H3. The van der Waals surface area contributed by atoms with E-state index in [9.17, 15) is 8.78 Å². The van der Waals surface area contributed by atoms with Gasteiger partial charge in [-0.3, -0.25) is 0 Å². The Bertz CT molecular complexity index is 641. The number of hydrogen-bond donors (Lipinski definition) is 0. The van der Waals surface area contributed by atoms with Crippen LogP contribution in [0.25, 0.3) is 0 Å². The van der Waals surface area contributed by atoms with Gasteiger partial charge in [-0.25, -0.2) is 8.78 Å². The molecule has 106 valence electrons. The topological polar surface area (TPSA) is 0 Å². The molecule has 0 aliphatic carbocycles. The predicted molar refractivity (Wildman–Crippen MR) is 82.3 cm³/mol. The van der Waals surface area contributed by atoms with E-state index in [1.54, 1.807) is 0 Å². The van der Waals surface area contributed by atoms with E-state index in [1.165, 1.54) is 5.56 Å². The molecule has 0 bridgehead atoms. The van der Waals surface area contributed by atoms with Crippen LogP contribution in [-0.2, 0) is 6.42 Å². The lowest BCUT2D eigenvalue weighted by atomic mass is 10.00. The molecule has 1 unspecified atom stereocenters. The second-order valence-electron chi connectivity index (χ2n) is 4.88. The molecule has 4 heteroatoms. The molecular formula is C16H14BrClF2. The summed E-state index contributed by atoms with van der Waals surface area (Å²) in [7, 11) is 0. The molecule has 0 saturated carbocycles. The highest BCUT2D eigenvalue weighted by atomic mass is 79.9. The summed E-state index contributed by atoms with van der Waals surface area (Å²) >= 11 is 9.20. The van der Waals surface area contributed by atoms with Crippen LogP contribution >= 0.6 is 27.5 Å². The van der Waals surface area contributed by atoms with Crippen LogP contribution in [-0.4, -0.2) is 0 Å². The van der Waals surface area contributed by atoms with E-state index in [2.05, 4.69) is 15.9 Å². The molecule has 2 rings (SSSR count). The quantitative estimate of drug-likeness (QED) is 0.475. The molecule has 0 aliphatic rings. The molecule has 0 spiro atoms. The summed E-state index contributed by atoms with van der Waals surface area (Å²) in [6, 6.07) is 8.26. The van der Waals surface area contributed by atoms with Gasteiger partial charge in [0.2, 0.25) is 0 Å². The molecule has 20 heavy (non-hydrogen) atoms. The monoisotopic (exact) mass is 358 g/mol. The van der Waals surface area contributed by atoms with E-state index in [0.29, 0.717) is 6.42 Å². The first-order valence-electron chi connectivity index (χ1n) is 6.23. The number of alkyl halides is 1. The van der Waals surface area contributed by atoms with Gasteiger partial charge in [0.15, 0.2) is 0 Å². The SMILES string of the molecule is Cc1ccc(CC(Cl)c2cc(F)c(Br)cc2F)cc1C. The van der Waals surface area contributed by atoms with E-state index in [1.807, 2.05) is 32.0 Å². The van der Waals surface area contributed by atoms with Crippen molar-refractivity contribution in [3.05, 3.63) is 68.7 Å². The summed E-state index contributed by atoms with van der Waals surface area (Å²) in [4.78, 5) is 0. The molecule has 2 aromatic rings. The van der Waals surface area contributed by atoms with Crippen molar-refractivity contribution in [3.63, 3.8) is 0 Å². The Balaban J connectivity index is 2.25. The summed E-state index contributed by atoms with van der Waals surface area (Å²) in [5, 5.41) is -0.597. The van der Waals surface area contributed by atoms with Gasteiger partial charge in [0, 0.05) is 5.56 Å². The van der Waals surface area contributed by atoms with Crippen molar-refractivity contribution in [2.45, 2.75) is 25.6 Å². The molecule has 0 aliphatic heterocycles. The van der Waals surface area contributed by atoms with E-state index in [-0.39, 0.29) is 10.0 Å². The fraction of sp³-hybridized carbons (Fsp3) is 0.250. The summed E-state index contributed by atoms with van der Waals surface area (Å²) in [6.45, 7) is 4.04. The fourth-order valence-corrected chi connectivity index (χ4v) is 2.69. The Kier molecular flexibility index (Phi) is 4.82. The van der Waals surface area contributed by atoms with E-state index >= 15 is 0 Å². The molecule has 0 heterocycles. The van der Waals surface area contributed by atoms with Gasteiger partial charge in [0.25, 0.3) is 0 Å². The van der Waals surface area contributed by atoms with Crippen LogP contribution in [0, 0.1) is 25.5 Å². The van der Waals surface area contributed by atoms with E-state index < -0.39 is 17.0 Å². The molecule has 0 radical (unpaired) electrons. The third-order valence-corrected chi connectivity index (χ3v) is 4.36. The van der Waals surface area contributed by atoms with Gasteiger partial charge < -0.3 is 0 Å². The number of hydrogen-bond acceptors (Lipinski definition) is 0. The molecule has 0 saturated heterocycles. The molecule has 0 amide bonds. The lowest BCUT2D eigenvalue weighted by molar-refractivity contribution is 0.577. The summed E-state index contributed by atoms with van der Waals surface area (Å²) in [5.74, 6) is -1.01. The zero-order valence-electron chi connectivity index (χ0n) is 11.2. The minimum atomic E-state index is -0.597. The number of rotatable bonds is 3. The van der Waals surface area contributed by atoms with Crippen LogP contribution in [0.15, 0.2) is 34.8 Å². The molecule has 0 aromatic heterocycles. The number of aryl methyl sites for hydroxylation is 2. The van der Waals surface area contributed by atoms with Gasteiger partial charge in [-0.2, -0.15) is 0 Å². The highest BCUT2D eigenvalue weighted by molar-refractivity contribution is 9.10. The third kappa shape index (κ3) is 3.39.